The van der Waals surface area contributed by atoms with E-state index in [-0.39, 0.29) is 28.9 Å². The van der Waals surface area contributed by atoms with Gasteiger partial charge in [0.25, 0.3) is 5.91 Å². The fourth-order valence-corrected chi connectivity index (χ4v) is 4.20. The third-order valence-electron chi connectivity index (χ3n) is 5.57. The molecule has 7 nitrogen and oxygen atoms in total. The molecule has 158 valence electrons. The summed E-state index contributed by atoms with van der Waals surface area (Å²) >= 11 is 6.02. The number of benzene rings is 2. The van der Waals surface area contributed by atoms with Crippen molar-refractivity contribution in [2.24, 2.45) is 0 Å². The Balaban J connectivity index is 1.31. The summed E-state index contributed by atoms with van der Waals surface area (Å²) < 4.78 is 14.9. The molecule has 1 aromatic heterocycles. The van der Waals surface area contributed by atoms with Crippen molar-refractivity contribution in [2.45, 2.75) is 18.9 Å². The number of nitrogens with zero attached hydrogens (tertiary/aromatic N) is 2. The summed E-state index contributed by atoms with van der Waals surface area (Å²) in [6.07, 6.45) is 1.68. The van der Waals surface area contributed by atoms with Crippen LogP contribution in [0.3, 0.4) is 0 Å². The number of imidazole rings is 1. The standard InChI is InChI=1S/C21H23ClFN5O2/c22-13-1-4-19-18(11-13)26-21(30)28(19)15-5-8-27(9-6-15)10-7-25-20(29)16-3-2-14(23)12-17(16)24/h1-4,11-12,15H,5-10,24H2,(H,25,29)(H,26,30). The average molecular weight is 432 g/mol. The van der Waals surface area contributed by atoms with Crippen molar-refractivity contribution in [1.29, 1.82) is 0 Å². The van der Waals surface area contributed by atoms with Gasteiger partial charge in [-0.2, -0.15) is 0 Å². The lowest BCUT2D eigenvalue weighted by atomic mass is 10.0. The lowest BCUT2D eigenvalue weighted by molar-refractivity contribution is 0.0945. The van der Waals surface area contributed by atoms with Crippen LogP contribution < -0.4 is 16.7 Å². The number of rotatable bonds is 5. The summed E-state index contributed by atoms with van der Waals surface area (Å²) in [7, 11) is 0. The van der Waals surface area contributed by atoms with Gasteiger partial charge in [0.05, 0.1) is 16.6 Å². The van der Waals surface area contributed by atoms with Gasteiger partial charge in [0.2, 0.25) is 0 Å². The Morgan fingerprint density at radius 3 is 2.73 bits per heavy atom. The number of nitrogens with two attached hydrogens (primary N) is 1. The average Bonchev–Trinajstić information content (AvgIpc) is 3.03. The summed E-state index contributed by atoms with van der Waals surface area (Å²) in [6, 6.07) is 9.30. The van der Waals surface area contributed by atoms with Crippen LogP contribution in [-0.4, -0.2) is 46.5 Å². The van der Waals surface area contributed by atoms with Gasteiger partial charge in [-0.3, -0.25) is 9.36 Å². The molecule has 0 bridgehead atoms. The lowest BCUT2D eigenvalue weighted by Gasteiger charge is -2.32. The molecule has 4 rings (SSSR count). The van der Waals surface area contributed by atoms with Crippen LogP contribution in [0, 0.1) is 5.82 Å². The maximum absolute atomic E-state index is 13.1. The van der Waals surface area contributed by atoms with Crippen molar-refractivity contribution in [3.63, 3.8) is 0 Å². The van der Waals surface area contributed by atoms with E-state index in [2.05, 4.69) is 15.2 Å². The monoisotopic (exact) mass is 431 g/mol. The number of nitrogens with one attached hydrogen (secondary N) is 2. The number of hydrogen-bond acceptors (Lipinski definition) is 4. The predicted molar refractivity (Wildman–Crippen MR) is 115 cm³/mol. The maximum Gasteiger partial charge on any atom is 0.326 e. The third kappa shape index (κ3) is 4.20. The number of carbonyl (C=O) groups excluding carboxylic acids is 1. The summed E-state index contributed by atoms with van der Waals surface area (Å²) in [4.78, 5) is 29.8. The number of amides is 1. The second-order valence-corrected chi connectivity index (χ2v) is 7.96. The Hall–Kier alpha value is -2.84. The first-order valence-electron chi connectivity index (χ1n) is 9.88. The van der Waals surface area contributed by atoms with Gasteiger partial charge >= 0.3 is 5.69 Å². The van der Waals surface area contributed by atoms with Gasteiger partial charge in [0.15, 0.2) is 0 Å². The zero-order valence-electron chi connectivity index (χ0n) is 16.3. The van der Waals surface area contributed by atoms with E-state index >= 15 is 0 Å². The molecule has 0 atom stereocenters. The van der Waals surface area contributed by atoms with E-state index in [1.807, 2.05) is 10.6 Å². The summed E-state index contributed by atoms with van der Waals surface area (Å²) in [5.74, 6) is -0.782. The van der Waals surface area contributed by atoms with Crippen molar-refractivity contribution in [1.82, 2.24) is 19.8 Å². The van der Waals surface area contributed by atoms with Crippen molar-refractivity contribution < 1.29 is 9.18 Å². The molecular weight excluding hydrogens is 409 g/mol. The Labute approximate surface area is 177 Å². The van der Waals surface area contributed by atoms with Crippen molar-refractivity contribution in [3.8, 4) is 0 Å². The van der Waals surface area contributed by atoms with Crippen molar-refractivity contribution in [2.75, 3.05) is 31.9 Å². The quantitative estimate of drug-likeness (QED) is 0.541. The molecule has 0 spiro atoms. The molecule has 30 heavy (non-hydrogen) atoms. The minimum absolute atomic E-state index is 0.116. The van der Waals surface area contributed by atoms with E-state index < -0.39 is 5.82 Å². The number of halogens is 2. The van der Waals surface area contributed by atoms with Crippen LogP contribution in [0.15, 0.2) is 41.2 Å². The van der Waals surface area contributed by atoms with E-state index in [9.17, 15) is 14.0 Å². The predicted octanol–water partition coefficient (Wildman–Crippen LogP) is 2.77. The van der Waals surface area contributed by atoms with Crippen LogP contribution in [-0.2, 0) is 0 Å². The largest absolute Gasteiger partial charge is 0.398 e. The molecule has 1 aliphatic heterocycles. The molecule has 0 saturated carbocycles. The van der Waals surface area contributed by atoms with E-state index in [4.69, 9.17) is 17.3 Å². The van der Waals surface area contributed by atoms with E-state index in [1.165, 1.54) is 12.1 Å². The van der Waals surface area contributed by atoms with Gasteiger partial charge < -0.3 is 20.9 Å². The summed E-state index contributed by atoms with van der Waals surface area (Å²) in [5.41, 5.74) is 7.61. The number of nitrogen functional groups attached to an aromatic ring is 1. The Bertz CT molecular complexity index is 1130. The summed E-state index contributed by atoms with van der Waals surface area (Å²) in [5, 5.41) is 3.42. The Morgan fingerprint density at radius 1 is 1.23 bits per heavy atom. The molecule has 1 amide bonds. The first-order valence-corrected chi connectivity index (χ1v) is 10.3. The van der Waals surface area contributed by atoms with Gasteiger partial charge in [0.1, 0.15) is 5.82 Å². The number of H-pyrrole nitrogens is 1. The number of carbonyl (C=O) groups is 1. The summed E-state index contributed by atoms with van der Waals surface area (Å²) in [6.45, 7) is 2.81. The number of aromatic nitrogens is 2. The maximum atomic E-state index is 13.1. The van der Waals surface area contributed by atoms with Crippen LogP contribution >= 0.6 is 11.6 Å². The van der Waals surface area contributed by atoms with Crippen LogP contribution in [0.1, 0.15) is 29.2 Å². The molecule has 1 fully saturated rings. The van der Waals surface area contributed by atoms with Crippen LogP contribution in [0.4, 0.5) is 10.1 Å². The molecule has 2 heterocycles. The van der Waals surface area contributed by atoms with Crippen LogP contribution in [0.5, 0.6) is 0 Å². The minimum Gasteiger partial charge on any atom is -0.398 e. The molecule has 1 aliphatic rings. The fourth-order valence-electron chi connectivity index (χ4n) is 4.03. The topological polar surface area (TPSA) is 96.2 Å². The van der Waals surface area contributed by atoms with Gasteiger partial charge in [-0.25, -0.2) is 9.18 Å². The zero-order chi connectivity index (χ0) is 21.3. The number of anilines is 1. The molecule has 9 heteroatoms. The lowest BCUT2D eigenvalue weighted by Crippen LogP contribution is -2.41. The molecule has 0 radical (unpaired) electrons. The van der Waals surface area contributed by atoms with E-state index in [0.717, 1.165) is 43.0 Å². The number of aromatic amines is 1. The Morgan fingerprint density at radius 2 is 2.00 bits per heavy atom. The normalized spacial score (nSPS) is 15.5. The zero-order valence-corrected chi connectivity index (χ0v) is 17.1. The molecule has 0 unspecified atom stereocenters. The molecule has 0 aliphatic carbocycles. The van der Waals surface area contributed by atoms with Gasteiger partial charge in [0, 0.05) is 42.9 Å². The van der Waals surface area contributed by atoms with E-state index in [0.29, 0.717) is 18.1 Å². The Kier molecular flexibility index (Phi) is 5.78. The number of piperidine rings is 1. The van der Waals surface area contributed by atoms with Gasteiger partial charge in [-0.1, -0.05) is 11.6 Å². The first kappa shape index (κ1) is 20.4. The SMILES string of the molecule is Nc1cc(F)ccc1C(=O)NCCN1CCC(n2c(=O)[nH]c3cc(Cl)ccc32)CC1. The molecular formula is C21H23ClFN5O2. The first-order chi connectivity index (χ1) is 14.4. The van der Waals surface area contributed by atoms with Crippen LogP contribution in [0.2, 0.25) is 5.02 Å². The van der Waals surface area contributed by atoms with Crippen molar-refractivity contribution in [3.05, 3.63) is 63.3 Å². The molecule has 1 saturated heterocycles. The minimum atomic E-state index is -0.468. The van der Waals surface area contributed by atoms with Crippen LogP contribution in [0.25, 0.3) is 11.0 Å². The highest BCUT2D eigenvalue weighted by Gasteiger charge is 2.23. The smallest absolute Gasteiger partial charge is 0.326 e. The highest BCUT2D eigenvalue weighted by molar-refractivity contribution is 6.31. The number of fused-ring (bicyclic) bond motifs is 1. The fraction of sp³-hybridized carbons (Fsp3) is 0.333. The second-order valence-electron chi connectivity index (χ2n) is 7.52. The van der Waals surface area contributed by atoms with Gasteiger partial charge in [-0.05, 0) is 49.2 Å². The highest BCUT2D eigenvalue weighted by atomic mass is 35.5. The van der Waals surface area contributed by atoms with E-state index in [1.54, 1.807) is 12.1 Å². The second kappa shape index (κ2) is 8.49. The van der Waals surface area contributed by atoms with Gasteiger partial charge in [-0.15, -0.1) is 0 Å². The third-order valence-corrected chi connectivity index (χ3v) is 5.81. The molecule has 3 aromatic rings. The highest BCUT2D eigenvalue weighted by Crippen LogP contribution is 2.26. The number of hydrogen-bond donors (Lipinski definition) is 3. The van der Waals surface area contributed by atoms with Crippen molar-refractivity contribution >= 4 is 34.2 Å². The number of likely N-dealkylation sites (tertiary alicyclic amines) is 1. The molecule has 4 N–H and O–H groups in total. The molecule has 2 aromatic carbocycles.